The number of carbonyl (C=O) groups excluding carboxylic acids is 1. The summed E-state index contributed by atoms with van der Waals surface area (Å²) in [5.74, 6) is -1.61. The maximum absolute atomic E-state index is 13.1. The quantitative estimate of drug-likeness (QED) is 0.715. The molecule has 1 saturated heterocycles. The molecule has 12 heteroatoms. The minimum absolute atomic E-state index is 0. The van der Waals surface area contributed by atoms with Gasteiger partial charge >= 0.3 is 6.18 Å². The summed E-state index contributed by atoms with van der Waals surface area (Å²) in [6.45, 7) is 0.189. The Morgan fingerprint density at radius 3 is 2.50 bits per heavy atom. The molecule has 2 aromatic heterocycles. The molecule has 0 bridgehead atoms. The third-order valence-corrected chi connectivity index (χ3v) is 4.27. The average Bonchev–Trinajstić information content (AvgIpc) is 3.07. The predicted molar refractivity (Wildman–Crippen MR) is 95.7 cm³/mol. The van der Waals surface area contributed by atoms with Gasteiger partial charge in [0.05, 0.1) is 23.3 Å². The lowest BCUT2D eigenvalue weighted by atomic mass is 10.1. The highest BCUT2D eigenvalue weighted by Crippen LogP contribution is 2.30. The van der Waals surface area contributed by atoms with Gasteiger partial charge in [-0.15, -0.1) is 12.4 Å². The van der Waals surface area contributed by atoms with Crippen molar-refractivity contribution in [2.45, 2.75) is 31.4 Å². The summed E-state index contributed by atoms with van der Waals surface area (Å²) < 4.78 is 50.8. The van der Waals surface area contributed by atoms with Crippen molar-refractivity contribution in [2.24, 2.45) is 0 Å². The van der Waals surface area contributed by atoms with Crippen molar-refractivity contribution in [3.8, 4) is 11.1 Å². The Hall–Kier alpha value is -2.04. The zero-order valence-corrected chi connectivity index (χ0v) is 15.7. The Morgan fingerprint density at radius 1 is 1.25 bits per heavy atom. The molecule has 0 aromatic carbocycles. The van der Waals surface area contributed by atoms with E-state index in [2.05, 4.69) is 25.6 Å². The normalized spacial score (nSPS) is 19.2. The maximum atomic E-state index is 13.1. The summed E-state index contributed by atoms with van der Waals surface area (Å²) >= 11 is 6.06. The first-order chi connectivity index (χ1) is 12.7. The number of rotatable bonds is 4. The highest BCUT2D eigenvalue weighted by atomic mass is 35.5. The van der Waals surface area contributed by atoms with E-state index in [-0.39, 0.29) is 48.4 Å². The molecule has 3 heterocycles. The summed E-state index contributed by atoms with van der Waals surface area (Å²) in [4.78, 5) is 22.7. The van der Waals surface area contributed by atoms with Gasteiger partial charge in [0.1, 0.15) is 6.17 Å². The Bertz CT molecular complexity index is 835. The molecule has 1 aliphatic rings. The first-order valence-corrected chi connectivity index (χ1v) is 8.31. The van der Waals surface area contributed by atoms with Gasteiger partial charge in [-0.3, -0.25) is 9.78 Å². The third-order valence-electron chi connectivity index (χ3n) is 3.97. The van der Waals surface area contributed by atoms with Gasteiger partial charge in [0.2, 0.25) is 11.7 Å². The number of carbonyl (C=O) groups is 1. The van der Waals surface area contributed by atoms with E-state index in [1.807, 2.05) is 0 Å². The Labute approximate surface area is 168 Å². The van der Waals surface area contributed by atoms with Gasteiger partial charge in [-0.05, 0) is 6.07 Å². The zero-order chi connectivity index (χ0) is 19.6. The fourth-order valence-electron chi connectivity index (χ4n) is 2.61. The van der Waals surface area contributed by atoms with Crippen molar-refractivity contribution in [1.29, 1.82) is 0 Å². The number of hydrogen-bond acceptors (Lipinski definition) is 5. The van der Waals surface area contributed by atoms with Crippen LogP contribution in [0.1, 0.15) is 17.9 Å². The molecule has 0 saturated carbocycles. The standard InChI is InChI=1S/C16H14ClF4N5O.ClH/c17-12-7-22-10(6-24-14(27)13-1-9(18)5-23-13)2-11(12)8-3-25-15(26-4-8)16(19,20)21;/h2-4,7,9,13,23H,1,5-6H2,(H,24,27);1H/t9-,13-;/m1./s1. The molecule has 2 aromatic rings. The number of halogens is 6. The van der Waals surface area contributed by atoms with Gasteiger partial charge in [0.25, 0.3) is 0 Å². The summed E-state index contributed by atoms with van der Waals surface area (Å²) in [6, 6.07) is 0.921. The number of amides is 1. The van der Waals surface area contributed by atoms with E-state index in [1.54, 1.807) is 0 Å². The summed E-state index contributed by atoms with van der Waals surface area (Å²) in [5.41, 5.74) is 1.09. The number of hydrogen-bond donors (Lipinski definition) is 2. The molecular weight excluding hydrogens is 425 g/mol. The molecule has 152 valence electrons. The van der Waals surface area contributed by atoms with E-state index < -0.39 is 24.2 Å². The Balaban J connectivity index is 0.00000280. The van der Waals surface area contributed by atoms with Crippen LogP contribution in [0.25, 0.3) is 11.1 Å². The van der Waals surface area contributed by atoms with Crippen LogP contribution >= 0.6 is 24.0 Å². The van der Waals surface area contributed by atoms with Crippen LogP contribution in [0.3, 0.4) is 0 Å². The fourth-order valence-corrected chi connectivity index (χ4v) is 2.82. The van der Waals surface area contributed by atoms with Crippen LogP contribution in [0.4, 0.5) is 17.6 Å². The molecule has 6 nitrogen and oxygen atoms in total. The van der Waals surface area contributed by atoms with Crippen LogP contribution in [0.15, 0.2) is 24.7 Å². The maximum Gasteiger partial charge on any atom is 0.451 e. The van der Waals surface area contributed by atoms with Gasteiger partial charge in [0, 0.05) is 42.7 Å². The number of nitrogens with one attached hydrogen (secondary N) is 2. The molecule has 28 heavy (non-hydrogen) atoms. The van der Waals surface area contributed by atoms with E-state index in [4.69, 9.17) is 11.6 Å². The molecule has 1 amide bonds. The van der Waals surface area contributed by atoms with Crippen molar-refractivity contribution in [1.82, 2.24) is 25.6 Å². The van der Waals surface area contributed by atoms with E-state index in [1.165, 1.54) is 12.3 Å². The molecule has 1 aliphatic heterocycles. The molecule has 2 N–H and O–H groups in total. The van der Waals surface area contributed by atoms with Crippen LogP contribution in [-0.4, -0.2) is 39.6 Å². The summed E-state index contributed by atoms with van der Waals surface area (Å²) in [7, 11) is 0. The summed E-state index contributed by atoms with van der Waals surface area (Å²) in [6.07, 6.45) is -2.23. The second kappa shape index (κ2) is 8.97. The lowest BCUT2D eigenvalue weighted by Crippen LogP contribution is -2.40. The van der Waals surface area contributed by atoms with Crippen LogP contribution in [0.2, 0.25) is 5.02 Å². The largest absolute Gasteiger partial charge is 0.451 e. The lowest BCUT2D eigenvalue weighted by Gasteiger charge is -2.12. The SMILES string of the molecule is Cl.O=C(NCc1cc(-c2cnc(C(F)(F)F)nc2)c(Cl)cn1)[C@H]1C[C@@H](F)CN1. The predicted octanol–water partition coefficient (Wildman–Crippen LogP) is 2.95. The minimum atomic E-state index is -4.64. The Kier molecular flexibility index (Phi) is 7.13. The third kappa shape index (κ3) is 5.27. The first-order valence-electron chi connectivity index (χ1n) is 7.93. The molecule has 3 rings (SSSR count). The highest BCUT2D eigenvalue weighted by Gasteiger charge is 2.34. The summed E-state index contributed by atoms with van der Waals surface area (Å²) in [5, 5.41) is 5.60. The average molecular weight is 440 g/mol. The van der Waals surface area contributed by atoms with Gasteiger partial charge in [-0.25, -0.2) is 14.4 Å². The van der Waals surface area contributed by atoms with Crippen LogP contribution in [0, 0.1) is 0 Å². The number of nitrogens with zero attached hydrogens (tertiary/aromatic N) is 3. The number of aromatic nitrogens is 3. The van der Waals surface area contributed by atoms with Crippen LogP contribution in [-0.2, 0) is 17.5 Å². The molecule has 0 aliphatic carbocycles. The van der Waals surface area contributed by atoms with Gasteiger partial charge in [-0.1, -0.05) is 11.6 Å². The van der Waals surface area contributed by atoms with E-state index in [0.29, 0.717) is 11.3 Å². The minimum Gasteiger partial charge on any atom is -0.349 e. The number of alkyl halides is 4. The van der Waals surface area contributed by atoms with Crippen molar-refractivity contribution in [2.75, 3.05) is 6.54 Å². The van der Waals surface area contributed by atoms with Crippen molar-refractivity contribution in [3.05, 3.63) is 41.2 Å². The van der Waals surface area contributed by atoms with Crippen LogP contribution in [0.5, 0.6) is 0 Å². The first kappa shape index (κ1) is 22.3. The van der Waals surface area contributed by atoms with Crippen molar-refractivity contribution >= 4 is 29.9 Å². The number of pyridine rings is 1. The lowest BCUT2D eigenvalue weighted by molar-refractivity contribution is -0.145. The highest BCUT2D eigenvalue weighted by molar-refractivity contribution is 6.33. The fraction of sp³-hybridized carbons (Fsp3) is 0.375. The van der Waals surface area contributed by atoms with Gasteiger partial charge in [-0.2, -0.15) is 13.2 Å². The second-order valence-electron chi connectivity index (χ2n) is 5.96. The molecule has 2 atom stereocenters. The van der Waals surface area contributed by atoms with Crippen molar-refractivity contribution < 1.29 is 22.4 Å². The second-order valence-corrected chi connectivity index (χ2v) is 6.37. The van der Waals surface area contributed by atoms with Crippen LogP contribution < -0.4 is 10.6 Å². The molecule has 0 unspecified atom stereocenters. The van der Waals surface area contributed by atoms with E-state index in [0.717, 1.165) is 12.4 Å². The molecule has 0 spiro atoms. The monoisotopic (exact) mass is 439 g/mol. The zero-order valence-electron chi connectivity index (χ0n) is 14.1. The molecular formula is C16H15Cl2F4N5O. The van der Waals surface area contributed by atoms with Gasteiger partial charge in [0.15, 0.2) is 0 Å². The smallest absolute Gasteiger partial charge is 0.349 e. The van der Waals surface area contributed by atoms with Crippen molar-refractivity contribution in [3.63, 3.8) is 0 Å². The molecule has 0 radical (unpaired) electrons. The Morgan fingerprint density at radius 2 is 1.93 bits per heavy atom. The topological polar surface area (TPSA) is 79.8 Å². The van der Waals surface area contributed by atoms with Gasteiger partial charge < -0.3 is 10.6 Å². The molecule has 1 fully saturated rings. The van der Waals surface area contributed by atoms with E-state index >= 15 is 0 Å². The van der Waals surface area contributed by atoms with E-state index in [9.17, 15) is 22.4 Å².